The Balaban J connectivity index is 1.36. The standard InChI is InChI=1S/C20H25F3N8OS/c1-30-11-13(10-24-30)26-19-28-16(15-17(29-19)33-18(27-15)20(21,22)23)25-12-2-4-14(5-3-12)31-6-8-32-9-7-31/h10-12,14H,2-9H2,1H3,(H2,25,26,28,29). The van der Waals surface area contributed by atoms with Gasteiger partial charge in [0.1, 0.15) is 5.52 Å². The molecule has 0 atom stereocenters. The molecule has 2 N–H and O–H groups in total. The Morgan fingerprint density at radius 2 is 1.85 bits per heavy atom. The summed E-state index contributed by atoms with van der Waals surface area (Å²) in [5.41, 5.74) is 0.800. The minimum atomic E-state index is -4.53. The summed E-state index contributed by atoms with van der Waals surface area (Å²) in [5, 5.41) is 9.55. The maximum Gasteiger partial charge on any atom is 0.443 e. The van der Waals surface area contributed by atoms with Gasteiger partial charge in [-0.25, -0.2) is 4.98 Å². The van der Waals surface area contributed by atoms with Crippen LogP contribution in [0, 0.1) is 0 Å². The number of morpholine rings is 1. The lowest BCUT2D eigenvalue weighted by molar-refractivity contribution is -0.137. The fraction of sp³-hybridized carbons (Fsp3) is 0.600. The van der Waals surface area contributed by atoms with Crippen molar-refractivity contribution in [1.82, 2.24) is 29.6 Å². The van der Waals surface area contributed by atoms with E-state index in [1.807, 2.05) is 0 Å². The average molecular weight is 483 g/mol. The van der Waals surface area contributed by atoms with Crippen LogP contribution in [0.25, 0.3) is 10.3 Å². The lowest BCUT2D eigenvalue weighted by atomic mass is 9.90. The number of ether oxygens (including phenoxy) is 1. The molecular weight excluding hydrogens is 457 g/mol. The molecule has 33 heavy (non-hydrogen) atoms. The summed E-state index contributed by atoms with van der Waals surface area (Å²) < 4.78 is 47.0. The smallest absolute Gasteiger partial charge is 0.379 e. The highest BCUT2D eigenvalue weighted by Gasteiger charge is 2.36. The van der Waals surface area contributed by atoms with E-state index in [1.165, 1.54) is 0 Å². The summed E-state index contributed by atoms with van der Waals surface area (Å²) in [6.45, 7) is 3.46. The molecule has 5 rings (SSSR count). The Bertz CT molecular complexity index is 1100. The second kappa shape index (κ2) is 9.03. The fourth-order valence-electron chi connectivity index (χ4n) is 4.44. The summed E-state index contributed by atoms with van der Waals surface area (Å²) in [4.78, 5) is 15.3. The van der Waals surface area contributed by atoms with Gasteiger partial charge < -0.3 is 15.4 Å². The molecule has 1 saturated carbocycles. The summed E-state index contributed by atoms with van der Waals surface area (Å²) in [7, 11) is 1.77. The average Bonchev–Trinajstić information content (AvgIpc) is 3.41. The number of halogens is 3. The summed E-state index contributed by atoms with van der Waals surface area (Å²) >= 11 is 0.523. The number of hydrogen-bond donors (Lipinski definition) is 2. The van der Waals surface area contributed by atoms with Crippen molar-refractivity contribution in [3.05, 3.63) is 17.4 Å². The van der Waals surface area contributed by atoms with Crippen LogP contribution in [0.5, 0.6) is 0 Å². The van der Waals surface area contributed by atoms with E-state index in [-0.39, 0.29) is 22.3 Å². The Kier molecular flexibility index (Phi) is 6.10. The first-order valence-corrected chi connectivity index (χ1v) is 11.8. The predicted octanol–water partition coefficient (Wildman–Crippen LogP) is 3.64. The van der Waals surface area contributed by atoms with Gasteiger partial charge in [-0.3, -0.25) is 9.58 Å². The Morgan fingerprint density at radius 1 is 1.09 bits per heavy atom. The van der Waals surface area contributed by atoms with Crippen LogP contribution in [0.2, 0.25) is 0 Å². The number of anilines is 3. The number of nitrogens with zero attached hydrogens (tertiary/aromatic N) is 6. The number of rotatable bonds is 5. The van der Waals surface area contributed by atoms with Crippen LogP contribution in [0.4, 0.5) is 30.6 Å². The summed E-state index contributed by atoms with van der Waals surface area (Å²) in [6.07, 6.45) is 2.68. The van der Waals surface area contributed by atoms with E-state index < -0.39 is 11.2 Å². The number of nitrogens with one attached hydrogen (secondary N) is 2. The first-order valence-electron chi connectivity index (χ1n) is 10.9. The van der Waals surface area contributed by atoms with Crippen molar-refractivity contribution in [2.75, 3.05) is 36.9 Å². The van der Waals surface area contributed by atoms with Gasteiger partial charge in [-0.2, -0.15) is 28.2 Å². The third-order valence-corrected chi connectivity index (χ3v) is 7.06. The first-order chi connectivity index (χ1) is 15.8. The molecule has 178 valence electrons. The van der Waals surface area contributed by atoms with Crippen LogP contribution in [-0.2, 0) is 18.0 Å². The van der Waals surface area contributed by atoms with Gasteiger partial charge in [0.2, 0.25) is 11.0 Å². The van der Waals surface area contributed by atoms with E-state index in [0.29, 0.717) is 28.9 Å². The molecule has 0 spiro atoms. The van der Waals surface area contributed by atoms with Crippen molar-refractivity contribution < 1.29 is 17.9 Å². The molecule has 9 nitrogen and oxygen atoms in total. The van der Waals surface area contributed by atoms with Crippen LogP contribution >= 0.6 is 11.3 Å². The van der Waals surface area contributed by atoms with Crippen molar-refractivity contribution in [3.8, 4) is 0 Å². The highest BCUT2D eigenvalue weighted by molar-refractivity contribution is 7.18. The zero-order chi connectivity index (χ0) is 23.0. The van der Waals surface area contributed by atoms with Crippen molar-refractivity contribution in [2.24, 2.45) is 7.05 Å². The van der Waals surface area contributed by atoms with Crippen LogP contribution < -0.4 is 10.6 Å². The van der Waals surface area contributed by atoms with Crippen LogP contribution in [0.1, 0.15) is 30.7 Å². The molecule has 1 saturated heterocycles. The van der Waals surface area contributed by atoms with E-state index in [2.05, 4.69) is 35.6 Å². The number of fused-ring (bicyclic) bond motifs is 1. The number of thiazole rings is 1. The monoisotopic (exact) mass is 482 g/mol. The maximum absolute atomic E-state index is 13.3. The highest BCUT2D eigenvalue weighted by atomic mass is 32.1. The van der Waals surface area contributed by atoms with Crippen molar-refractivity contribution in [1.29, 1.82) is 0 Å². The lowest BCUT2D eigenvalue weighted by Gasteiger charge is -2.39. The zero-order valence-electron chi connectivity index (χ0n) is 18.1. The summed E-state index contributed by atoms with van der Waals surface area (Å²) in [6, 6.07) is 0.638. The number of aromatic nitrogens is 5. The van der Waals surface area contributed by atoms with Gasteiger partial charge in [-0.15, -0.1) is 0 Å². The number of aryl methyl sites for hydroxylation is 1. The van der Waals surface area contributed by atoms with Gasteiger partial charge in [0.25, 0.3) is 0 Å². The van der Waals surface area contributed by atoms with Crippen molar-refractivity contribution >= 4 is 39.1 Å². The zero-order valence-corrected chi connectivity index (χ0v) is 18.9. The Labute approximate surface area is 192 Å². The Morgan fingerprint density at radius 3 is 2.52 bits per heavy atom. The van der Waals surface area contributed by atoms with Gasteiger partial charge in [0, 0.05) is 38.4 Å². The lowest BCUT2D eigenvalue weighted by Crippen LogP contribution is -2.46. The molecule has 1 aliphatic heterocycles. The predicted molar refractivity (Wildman–Crippen MR) is 119 cm³/mol. The minimum absolute atomic E-state index is 0.114. The van der Waals surface area contributed by atoms with Gasteiger partial charge in [-0.1, -0.05) is 11.3 Å². The van der Waals surface area contributed by atoms with E-state index in [4.69, 9.17) is 4.74 Å². The molecule has 2 aliphatic rings. The van der Waals surface area contributed by atoms with Crippen molar-refractivity contribution in [2.45, 2.75) is 43.9 Å². The molecular formula is C20H25F3N8OS. The van der Waals surface area contributed by atoms with Crippen molar-refractivity contribution in [3.63, 3.8) is 0 Å². The normalized spacial score (nSPS) is 22.5. The molecule has 0 radical (unpaired) electrons. The highest BCUT2D eigenvalue weighted by Crippen LogP contribution is 2.37. The molecule has 0 bridgehead atoms. The second-order valence-electron chi connectivity index (χ2n) is 8.39. The molecule has 3 aromatic heterocycles. The van der Waals surface area contributed by atoms with Crippen LogP contribution in [-0.4, -0.2) is 68.0 Å². The number of alkyl halides is 3. The number of hydrogen-bond acceptors (Lipinski definition) is 9. The van der Waals surface area contributed by atoms with E-state index in [9.17, 15) is 13.2 Å². The molecule has 0 amide bonds. The molecule has 13 heteroatoms. The summed E-state index contributed by atoms with van der Waals surface area (Å²) in [5.74, 6) is 0.533. The Hall–Kier alpha value is -2.51. The van der Waals surface area contributed by atoms with E-state index >= 15 is 0 Å². The molecule has 2 fully saturated rings. The van der Waals surface area contributed by atoms with Gasteiger partial charge in [0.05, 0.1) is 25.1 Å². The van der Waals surface area contributed by atoms with Gasteiger partial charge in [-0.05, 0) is 25.7 Å². The van der Waals surface area contributed by atoms with Gasteiger partial charge in [0.15, 0.2) is 10.6 Å². The third kappa shape index (κ3) is 5.04. The minimum Gasteiger partial charge on any atom is -0.379 e. The molecule has 0 unspecified atom stereocenters. The molecule has 0 aromatic carbocycles. The maximum atomic E-state index is 13.3. The molecule has 4 heterocycles. The quantitative estimate of drug-likeness (QED) is 0.570. The largest absolute Gasteiger partial charge is 0.443 e. The van der Waals surface area contributed by atoms with Crippen LogP contribution in [0.3, 0.4) is 0 Å². The third-order valence-electron chi connectivity index (χ3n) is 6.06. The SMILES string of the molecule is Cn1cc(Nc2nc(NC3CCC(N4CCOCC4)CC3)c3nc(C(F)(F)F)sc3n2)cn1. The van der Waals surface area contributed by atoms with E-state index in [1.54, 1.807) is 24.1 Å². The molecule has 1 aliphatic carbocycles. The van der Waals surface area contributed by atoms with Gasteiger partial charge >= 0.3 is 6.18 Å². The topological polar surface area (TPSA) is 93.0 Å². The van der Waals surface area contributed by atoms with Crippen LogP contribution in [0.15, 0.2) is 12.4 Å². The fourth-order valence-corrected chi connectivity index (χ4v) is 5.24. The first kappa shape index (κ1) is 22.3. The molecule has 3 aromatic rings. The second-order valence-corrected chi connectivity index (χ2v) is 9.37. The van der Waals surface area contributed by atoms with E-state index in [0.717, 1.165) is 52.0 Å².